The van der Waals surface area contributed by atoms with Gasteiger partial charge in [-0.1, -0.05) is 58.4 Å². The Hall–Kier alpha value is -1.80. The molecule has 0 saturated heterocycles. The maximum absolute atomic E-state index is 5.45. The Bertz CT molecular complexity index is 747. The highest BCUT2D eigenvalue weighted by atomic mass is 79.9. The van der Waals surface area contributed by atoms with Gasteiger partial charge in [-0.25, -0.2) is 0 Å². The van der Waals surface area contributed by atoms with E-state index in [2.05, 4.69) is 76.6 Å². The average Bonchev–Trinajstić information content (AvgIpc) is 2.54. The fourth-order valence-electron chi connectivity index (χ4n) is 2.66. The lowest BCUT2D eigenvalue weighted by Crippen LogP contribution is -1.94. The highest BCUT2D eigenvalue weighted by molar-refractivity contribution is 9.10. The fraction of sp³-hybridized carbons (Fsp3) is 0.158. The van der Waals surface area contributed by atoms with Gasteiger partial charge in [0.15, 0.2) is 0 Å². The molecule has 0 radical (unpaired) electrons. The van der Waals surface area contributed by atoms with Gasteiger partial charge in [0.05, 0.1) is 7.11 Å². The zero-order chi connectivity index (χ0) is 14.7. The van der Waals surface area contributed by atoms with E-state index in [1.807, 2.05) is 0 Å². The van der Waals surface area contributed by atoms with E-state index in [0.29, 0.717) is 0 Å². The van der Waals surface area contributed by atoms with E-state index in [9.17, 15) is 0 Å². The van der Waals surface area contributed by atoms with Crippen LogP contribution in [0, 0.1) is 0 Å². The van der Waals surface area contributed by atoms with Crippen LogP contribution in [-0.4, -0.2) is 7.11 Å². The molecule has 3 aromatic carbocycles. The minimum Gasteiger partial charge on any atom is -0.496 e. The second kappa shape index (κ2) is 6.31. The van der Waals surface area contributed by atoms with Crippen LogP contribution in [0.2, 0.25) is 0 Å². The first-order valence-electron chi connectivity index (χ1n) is 7.07. The first-order valence-corrected chi connectivity index (χ1v) is 7.86. The molecule has 0 unspecified atom stereocenters. The van der Waals surface area contributed by atoms with Crippen LogP contribution >= 0.6 is 15.9 Å². The summed E-state index contributed by atoms with van der Waals surface area (Å²) in [6.07, 6.45) is 2.08. The Morgan fingerprint density at radius 1 is 0.810 bits per heavy atom. The van der Waals surface area contributed by atoms with Crippen molar-refractivity contribution in [1.29, 1.82) is 0 Å². The molecular weight excluding hydrogens is 324 g/mol. The van der Waals surface area contributed by atoms with Crippen LogP contribution < -0.4 is 4.74 Å². The van der Waals surface area contributed by atoms with Crippen molar-refractivity contribution in [1.82, 2.24) is 0 Å². The molecule has 106 valence electrons. The zero-order valence-corrected chi connectivity index (χ0v) is 13.6. The number of aryl methyl sites for hydroxylation is 2. The van der Waals surface area contributed by atoms with Gasteiger partial charge in [-0.05, 0) is 47.6 Å². The molecule has 0 aliphatic heterocycles. The molecule has 2 heteroatoms. The Kier molecular flexibility index (Phi) is 4.26. The molecule has 0 atom stereocenters. The molecule has 3 rings (SSSR count). The van der Waals surface area contributed by atoms with Crippen LogP contribution in [-0.2, 0) is 12.8 Å². The molecule has 0 spiro atoms. The summed E-state index contributed by atoms with van der Waals surface area (Å²) in [4.78, 5) is 0. The molecule has 3 aromatic rings. The van der Waals surface area contributed by atoms with E-state index in [-0.39, 0.29) is 0 Å². The Balaban J connectivity index is 1.89. The standard InChI is InChI=1S/C19H17BrO/c1-21-19-13-10-15(17-4-2-3-5-18(17)19)9-6-14-7-11-16(20)12-8-14/h2-5,7-8,10-13H,6,9H2,1H3. The van der Waals surface area contributed by atoms with Crippen molar-refractivity contribution in [2.24, 2.45) is 0 Å². The number of rotatable bonds is 4. The predicted octanol–water partition coefficient (Wildman–Crippen LogP) is 5.40. The lowest BCUT2D eigenvalue weighted by atomic mass is 9.98. The predicted molar refractivity (Wildman–Crippen MR) is 92.1 cm³/mol. The summed E-state index contributed by atoms with van der Waals surface area (Å²) in [6, 6.07) is 21.2. The maximum atomic E-state index is 5.45. The lowest BCUT2D eigenvalue weighted by molar-refractivity contribution is 0.419. The van der Waals surface area contributed by atoms with E-state index < -0.39 is 0 Å². The Morgan fingerprint density at radius 2 is 1.52 bits per heavy atom. The van der Waals surface area contributed by atoms with Gasteiger partial charge >= 0.3 is 0 Å². The average molecular weight is 341 g/mol. The fourth-order valence-corrected chi connectivity index (χ4v) is 2.92. The van der Waals surface area contributed by atoms with Crippen LogP contribution in [0.5, 0.6) is 5.75 Å². The SMILES string of the molecule is COc1ccc(CCc2ccc(Br)cc2)c2ccccc12. The van der Waals surface area contributed by atoms with E-state index in [1.54, 1.807) is 7.11 Å². The van der Waals surface area contributed by atoms with Gasteiger partial charge in [-0.2, -0.15) is 0 Å². The normalized spacial score (nSPS) is 10.8. The van der Waals surface area contributed by atoms with Crippen molar-refractivity contribution < 1.29 is 4.74 Å². The molecule has 21 heavy (non-hydrogen) atoms. The second-order valence-corrected chi connectivity index (χ2v) is 6.01. The molecule has 0 aliphatic rings. The van der Waals surface area contributed by atoms with Crippen molar-refractivity contribution in [2.75, 3.05) is 7.11 Å². The lowest BCUT2D eigenvalue weighted by Gasteiger charge is -2.10. The summed E-state index contributed by atoms with van der Waals surface area (Å²) in [7, 11) is 1.73. The van der Waals surface area contributed by atoms with Gasteiger partial charge < -0.3 is 4.74 Å². The van der Waals surface area contributed by atoms with Crippen LogP contribution in [0.1, 0.15) is 11.1 Å². The number of methoxy groups -OCH3 is 1. The quantitative estimate of drug-likeness (QED) is 0.618. The van der Waals surface area contributed by atoms with Crippen molar-refractivity contribution in [3.8, 4) is 5.75 Å². The highest BCUT2D eigenvalue weighted by Crippen LogP contribution is 2.29. The number of benzene rings is 3. The van der Waals surface area contributed by atoms with Crippen LogP contribution in [0.15, 0.2) is 65.1 Å². The van der Waals surface area contributed by atoms with Crippen molar-refractivity contribution in [3.05, 3.63) is 76.3 Å². The summed E-state index contributed by atoms with van der Waals surface area (Å²) in [5, 5.41) is 2.47. The highest BCUT2D eigenvalue weighted by Gasteiger charge is 2.06. The molecular formula is C19H17BrO. The maximum Gasteiger partial charge on any atom is 0.126 e. The molecule has 1 nitrogen and oxygen atoms in total. The summed E-state index contributed by atoms with van der Waals surface area (Å²) >= 11 is 3.48. The third-order valence-electron chi connectivity index (χ3n) is 3.79. The summed E-state index contributed by atoms with van der Waals surface area (Å²) < 4.78 is 6.58. The summed E-state index contributed by atoms with van der Waals surface area (Å²) in [6.45, 7) is 0. The molecule has 0 heterocycles. The van der Waals surface area contributed by atoms with Gasteiger partial charge in [-0.15, -0.1) is 0 Å². The van der Waals surface area contributed by atoms with Gasteiger partial charge in [0, 0.05) is 9.86 Å². The molecule has 0 aromatic heterocycles. The van der Waals surface area contributed by atoms with Crippen LogP contribution in [0.3, 0.4) is 0 Å². The van der Waals surface area contributed by atoms with Gasteiger partial charge in [-0.3, -0.25) is 0 Å². The largest absolute Gasteiger partial charge is 0.496 e. The number of fused-ring (bicyclic) bond motifs is 1. The van der Waals surface area contributed by atoms with Crippen LogP contribution in [0.25, 0.3) is 10.8 Å². The monoisotopic (exact) mass is 340 g/mol. The summed E-state index contributed by atoms with van der Waals surface area (Å²) in [5.41, 5.74) is 2.73. The zero-order valence-electron chi connectivity index (χ0n) is 12.0. The Labute approximate surface area is 133 Å². The molecule has 0 bridgehead atoms. The van der Waals surface area contributed by atoms with Crippen molar-refractivity contribution in [3.63, 3.8) is 0 Å². The topological polar surface area (TPSA) is 9.23 Å². The molecule has 0 fully saturated rings. The third-order valence-corrected chi connectivity index (χ3v) is 4.32. The molecule has 0 N–H and O–H groups in total. The third kappa shape index (κ3) is 3.11. The van der Waals surface area contributed by atoms with E-state index >= 15 is 0 Å². The number of halogens is 1. The number of hydrogen-bond donors (Lipinski definition) is 0. The smallest absolute Gasteiger partial charge is 0.126 e. The van der Waals surface area contributed by atoms with Crippen molar-refractivity contribution >= 4 is 26.7 Å². The number of ether oxygens (including phenoxy) is 1. The molecule has 0 saturated carbocycles. The molecule has 0 amide bonds. The second-order valence-electron chi connectivity index (χ2n) is 5.10. The van der Waals surface area contributed by atoms with Crippen LogP contribution in [0.4, 0.5) is 0 Å². The van der Waals surface area contributed by atoms with Crippen molar-refractivity contribution in [2.45, 2.75) is 12.8 Å². The Morgan fingerprint density at radius 3 is 2.24 bits per heavy atom. The van der Waals surface area contributed by atoms with E-state index in [1.165, 1.54) is 21.9 Å². The minimum atomic E-state index is 0.943. The molecule has 0 aliphatic carbocycles. The minimum absolute atomic E-state index is 0.943. The first kappa shape index (κ1) is 14.2. The number of hydrogen-bond acceptors (Lipinski definition) is 1. The van der Waals surface area contributed by atoms with E-state index in [0.717, 1.165) is 23.1 Å². The van der Waals surface area contributed by atoms with E-state index in [4.69, 9.17) is 4.74 Å². The first-order chi connectivity index (χ1) is 10.3. The van der Waals surface area contributed by atoms with Gasteiger partial charge in [0.25, 0.3) is 0 Å². The summed E-state index contributed by atoms with van der Waals surface area (Å²) in [5.74, 6) is 0.943. The van der Waals surface area contributed by atoms with Gasteiger partial charge in [0.1, 0.15) is 5.75 Å². The van der Waals surface area contributed by atoms with Gasteiger partial charge in [0.2, 0.25) is 0 Å².